The van der Waals surface area contributed by atoms with E-state index in [1.54, 1.807) is 12.3 Å². The van der Waals surface area contributed by atoms with Crippen molar-refractivity contribution >= 4 is 27.8 Å². The average Bonchev–Trinajstić information content (AvgIpc) is 3.02. The maximum atomic E-state index is 12.0. The van der Waals surface area contributed by atoms with Crippen LogP contribution in [-0.2, 0) is 6.42 Å². The predicted octanol–water partition coefficient (Wildman–Crippen LogP) is 3.45. The van der Waals surface area contributed by atoms with Gasteiger partial charge in [0.25, 0.3) is 5.91 Å². The van der Waals surface area contributed by atoms with Crippen LogP contribution in [0.2, 0.25) is 0 Å². The van der Waals surface area contributed by atoms with Crippen LogP contribution in [-0.4, -0.2) is 20.9 Å². The first kappa shape index (κ1) is 17.2. The van der Waals surface area contributed by atoms with E-state index in [1.807, 2.05) is 13.0 Å². The van der Waals surface area contributed by atoms with E-state index in [2.05, 4.69) is 49.9 Å². The zero-order valence-electron chi connectivity index (χ0n) is 13.9. The normalized spacial score (nSPS) is 10.8. The summed E-state index contributed by atoms with van der Waals surface area (Å²) in [6.07, 6.45) is 2.42. The van der Waals surface area contributed by atoms with Gasteiger partial charge in [-0.05, 0) is 47.0 Å². The Bertz CT molecular complexity index is 964. The summed E-state index contributed by atoms with van der Waals surface area (Å²) in [5, 5.41) is 0. The molecular weight excluding hydrogens is 382 g/mol. The molecule has 2 aromatic heterocycles. The third kappa shape index (κ3) is 3.28. The number of aromatic nitrogens is 3. The molecule has 6 nitrogen and oxygen atoms in total. The van der Waals surface area contributed by atoms with Crippen LogP contribution in [0.3, 0.4) is 0 Å². The van der Waals surface area contributed by atoms with Crippen LogP contribution in [0, 0.1) is 6.92 Å². The molecule has 5 N–H and O–H groups in total. The summed E-state index contributed by atoms with van der Waals surface area (Å²) in [5.41, 5.74) is 16.8. The van der Waals surface area contributed by atoms with Gasteiger partial charge >= 0.3 is 0 Å². The lowest BCUT2D eigenvalue weighted by Gasteiger charge is -2.09. The molecule has 25 heavy (non-hydrogen) atoms. The zero-order chi connectivity index (χ0) is 18.1. The quantitative estimate of drug-likeness (QED) is 0.623. The number of nitrogens with two attached hydrogens (primary N) is 2. The summed E-state index contributed by atoms with van der Waals surface area (Å²) in [6.45, 7) is 4.09. The van der Waals surface area contributed by atoms with Gasteiger partial charge in [-0.3, -0.25) is 4.79 Å². The number of carbonyl (C=O) groups is 1. The van der Waals surface area contributed by atoms with E-state index in [1.165, 1.54) is 0 Å². The van der Waals surface area contributed by atoms with Crippen molar-refractivity contribution in [1.29, 1.82) is 0 Å². The molecular formula is C18H18BrN5O. The topological polar surface area (TPSA) is 111 Å². The number of primary amides is 1. The smallest absolute Gasteiger partial charge is 0.250 e. The zero-order valence-corrected chi connectivity index (χ0v) is 15.5. The molecule has 0 aliphatic heterocycles. The minimum atomic E-state index is -0.501. The van der Waals surface area contributed by atoms with Gasteiger partial charge in [0.1, 0.15) is 5.69 Å². The van der Waals surface area contributed by atoms with Crippen molar-refractivity contribution in [2.75, 3.05) is 5.73 Å². The number of aromatic amines is 1. The number of nitrogen functional groups attached to an aromatic ring is 1. The molecule has 0 radical (unpaired) electrons. The Morgan fingerprint density at radius 1 is 1.32 bits per heavy atom. The Morgan fingerprint density at radius 3 is 2.76 bits per heavy atom. The number of hydrogen-bond donors (Lipinski definition) is 3. The number of rotatable bonds is 4. The van der Waals surface area contributed by atoms with E-state index < -0.39 is 5.91 Å². The van der Waals surface area contributed by atoms with Crippen molar-refractivity contribution in [2.24, 2.45) is 5.73 Å². The lowest BCUT2D eigenvalue weighted by molar-refractivity contribution is 0.100. The molecule has 0 bridgehead atoms. The summed E-state index contributed by atoms with van der Waals surface area (Å²) >= 11 is 3.42. The standard InChI is InChI=1S/C18H18BrN5O/c1-3-10-5-4-9(2)6-11(10)15-12(17(20)25)7-14(23-15)16-13(19)8-22-18(21)24-16/h4-8,23H,3H2,1-2H3,(H2,20,25)(H2,21,22,24). The number of hydrogen-bond acceptors (Lipinski definition) is 4. The Morgan fingerprint density at radius 2 is 2.08 bits per heavy atom. The highest BCUT2D eigenvalue weighted by Crippen LogP contribution is 2.33. The van der Waals surface area contributed by atoms with Crippen molar-refractivity contribution in [2.45, 2.75) is 20.3 Å². The minimum Gasteiger partial charge on any atom is -0.368 e. The highest BCUT2D eigenvalue weighted by molar-refractivity contribution is 9.10. The fourth-order valence-corrected chi connectivity index (χ4v) is 3.19. The van der Waals surface area contributed by atoms with Gasteiger partial charge in [0.05, 0.1) is 21.4 Å². The molecule has 3 aromatic rings. The molecule has 0 aliphatic rings. The Labute approximate surface area is 153 Å². The predicted molar refractivity (Wildman–Crippen MR) is 102 cm³/mol. The molecule has 1 aromatic carbocycles. The number of H-pyrrole nitrogens is 1. The van der Waals surface area contributed by atoms with Crippen LogP contribution < -0.4 is 11.5 Å². The first-order chi connectivity index (χ1) is 11.9. The van der Waals surface area contributed by atoms with E-state index in [4.69, 9.17) is 11.5 Å². The fourth-order valence-electron chi connectivity index (χ4n) is 2.79. The number of nitrogens with zero attached hydrogens (tertiary/aromatic N) is 2. The molecule has 0 saturated heterocycles. The van der Waals surface area contributed by atoms with Gasteiger partial charge in [-0.25, -0.2) is 9.97 Å². The second-order valence-electron chi connectivity index (χ2n) is 5.77. The SMILES string of the molecule is CCc1ccc(C)cc1-c1[nH]c(-c2nc(N)ncc2Br)cc1C(N)=O. The molecule has 0 saturated carbocycles. The Kier molecular flexibility index (Phi) is 4.59. The van der Waals surface area contributed by atoms with Crippen molar-refractivity contribution in [1.82, 2.24) is 15.0 Å². The van der Waals surface area contributed by atoms with Crippen LogP contribution in [0.5, 0.6) is 0 Å². The maximum Gasteiger partial charge on any atom is 0.250 e. The second kappa shape index (κ2) is 6.68. The molecule has 128 valence electrons. The highest BCUT2D eigenvalue weighted by atomic mass is 79.9. The highest BCUT2D eigenvalue weighted by Gasteiger charge is 2.19. The van der Waals surface area contributed by atoms with Gasteiger partial charge in [0.15, 0.2) is 0 Å². The molecule has 0 fully saturated rings. The van der Waals surface area contributed by atoms with E-state index in [9.17, 15) is 4.79 Å². The summed E-state index contributed by atoms with van der Waals surface area (Å²) in [5.74, 6) is -0.348. The molecule has 0 atom stereocenters. The molecule has 1 amide bonds. The summed E-state index contributed by atoms with van der Waals surface area (Å²) in [4.78, 5) is 23.5. The number of carbonyl (C=O) groups excluding carboxylic acids is 1. The van der Waals surface area contributed by atoms with Crippen molar-refractivity contribution in [3.8, 4) is 22.6 Å². The summed E-state index contributed by atoms with van der Waals surface area (Å²) < 4.78 is 0.672. The van der Waals surface area contributed by atoms with E-state index in [0.717, 1.165) is 23.1 Å². The largest absolute Gasteiger partial charge is 0.368 e. The maximum absolute atomic E-state index is 12.0. The number of nitrogens with one attached hydrogen (secondary N) is 1. The van der Waals surface area contributed by atoms with Crippen LogP contribution in [0.25, 0.3) is 22.6 Å². The molecule has 0 spiro atoms. The number of anilines is 1. The Balaban J connectivity index is 2.25. The van der Waals surface area contributed by atoms with Crippen molar-refractivity contribution < 1.29 is 4.79 Å². The number of benzene rings is 1. The third-order valence-corrected chi connectivity index (χ3v) is 4.60. The number of halogens is 1. The van der Waals surface area contributed by atoms with Gasteiger partial charge in [0, 0.05) is 11.8 Å². The number of aryl methyl sites for hydroxylation is 2. The monoisotopic (exact) mass is 399 g/mol. The summed E-state index contributed by atoms with van der Waals surface area (Å²) in [7, 11) is 0. The van der Waals surface area contributed by atoms with E-state index >= 15 is 0 Å². The fraction of sp³-hybridized carbons (Fsp3) is 0.167. The Hall–Kier alpha value is -2.67. The van der Waals surface area contributed by atoms with Gasteiger partial charge in [0.2, 0.25) is 5.95 Å². The van der Waals surface area contributed by atoms with Gasteiger partial charge < -0.3 is 16.5 Å². The van der Waals surface area contributed by atoms with Gasteiger partial charge in [-0.2, -0.15) is 0 Å². The molecule has 2 heterocycles. The van der Waals surface area contributed by atoms with E-state index in [-0.39, 0.29) is 5.95 Å². The van der Waals surface area contributed by atoms with Crippen LogP contribution >= 0.6 is 15.9 Å². The third-order valence-electron chi connectivity index (χ3n) is 4.02. The first-order valence-electron chi connectivity index (χ1n) is 7.81. The first-order valence-corrected chi connectivity index (χ1v) is 8.61. The van der Waals surface area contributed by atoms with Crippen LogP contribution in [0.15, 0.2) is 34.9 Å². The molecule has 7 heteroatoms. The van der Waals surface area contributed by atoms with Crippen LogP contribution in [0.1, 0.15) is 28.4 Å². The van der Waals surface area contributed by atoms with Gasteiger partial charge in [-0.15, -0.1) is 0 Å². The average molecular weight is 400 g/mol. The minimum absolute atomic E-state index is 0.153. The van der Waals surface area contributed by atoms with Crippen LogP contribution in [0.4, 0.5) is 5.95 Å². The number of amides is 1. The molecule has 0 aliphatic carbocycles. The van der Waals surface area contributed by atoms with Crippen molar-refractivity contribution in [3.05, 3.63) is 51.6 Å². The van der Waals surface area contributed by atoms with E-state index in [0.29, 0.717) is 27.1 Å². The second-order valence-corrected chi connectivity index (χ2v) is 6.63. The lowest BCUT2D eigenvalue weighted by Crippen LogP contribution is -2.11. The van der Waals surface area contributed by atoms with Crippen molar-refractivity contribution in [3.63, 3.8) is 0 Å². The lowest BCUT2D eigenvalue weighted by atomic mass is 9.98. The summed E-state index contributed by atoms with van der Waals surface area (Å²) in [6, 6.07) is 7.86. The molecule has 3 rings (SSSR count). The van der Waals surface area contributed by atoms with Gasteiger partial charge in [-0.1, -0.05) is 24.6 Å². The molecule has 0 unspecified atom stereocenters.